The van der Waals surface area contributed by atoms with Crippen LogP contribution in [0.25, 0.3) is 11.3 Å². The highest BCUT2D eigenvalue weighted by atomic mass is 16.5. The summed E-state index contributed by atoms with van der Waals surface area (Å²) in [5.74, 6) is 1.30. The lowest BCUT2D eigenvalue weighted by molar-refractivity contribution is -0.132. The smallest absolute Gasteiger partial charge is 0.308 e. The molecule has 172 valence electrons. The number of nitrogens with one attached hydrogen (secondary N) is 1. The highest BCUT2D eigenvalue weighted by molar-refractivity contribution is 5.79. The van der Waals surface area contributed by atoms with Gasteiger partial charge in [0.05, 0.1) is 12.2 Å². The summed E-state index contributed by atoms with van der Waals surface area (Å²) in [4.78, 5) is 11.6. The van der Waals surface area contributed by atoms with E-state index in [4.69, 9.17) is 14.6 Å². The molecule has 1 aromatic heterocycles. The molecule has 0 spiro atoms. The van der Waals surface area contributed by atoms with Crippen LogP contribution in [0.15, 0.2) is 30.5 Å². The molecule has 0 fully saturated rings. The Morgan fingerprint density at radius 2 is 2.00 bits per heavy atom. The van der Waals surface area contributed by atoms with E-state index in [1.54, 1.807) is 0 Å². The number of benzene rings is 2. The van der Waals surface area contributed by atoms with Crippen LogP contribution in [-0.4, -0.2) is 27.9 Å². The summed E-state index contributed by atoms with van der Waals surface area (Å²) in [6.45, 7) is 11.3. The highest BCUT2D eigenvalue weighted by Gasteiger charge is 2.35. The van der Waals surface area contributed by atoms with E-state index in [0.717, 1.165) is 65.1 Å². The number of nitrogens with zero attached hydrogens (tertiary/aromatic N) is 2. The first-order chi connectivity index (χ1) is 15.8. The Hall–Kier alpha value is -3.28. The summed E-state index contributed by atoms with van der Waals surface area (Å²) in [5.41, 5.74) is 8.45. The molecule has 33 heavy (non-hydrogen) atoms. The Labute approximate surface area is 194 Å². The number of carbonyl (C=O) groups is 1. The number of anilines is 1. The Kier molecular flexibility index (Phi) is 5.19. The highest BCUT2D eigenvalue weighted by Crippen LogP contribution is 2.44. The third-order valence-electron chi connectivity index (χ3n) is 7.07. The third kappa shape index (κ3) is 3.77. The second kappa shape index (κ2) is 7.94. The summed E-state index contributed by atoms with van der Waals surface area (Å²) in [6.07, 6.45) is 4.84. The number of hydrogen-bond acceptors (Lipinski definition) is 5. The van der Waals surface area contributed by atoms with Gasteiger partial charge in [0.25, 0.3) is 0 Å². The standard InChI is InChI=1S/C27H31N3O3/c1-16-17(2)26-21(18(3)25(16)32-19(4)31)9-12-27(5,33-26)15-30-14-11-23(29-30)22-8-6-7-20-10-13-28-24(20)22/h6-8,11,14,28H,9-10,12-13,15H2,1-5H3/t27-/m1/s1. The van der Waals surface area contributed by atoms with Gasteiger partial charge in [-0.15, -0.1) is 0 Å². The van der Waals surface area contributed by atoms with Gasteiger partial charge in [-0.2, -0.15) is 5.10 Å². The zero-order valence-electron chi connectivity index (χ0n) is 20.0. The summed E-state index contributed by atoms with van der Waals surface area (Å²) >= 11 is 0. The van der Waals surface area contributed by atoms with Gasteiger partial charge >= 0.3 is 5.97 Å². The van der Waals surface area contributed by atoms with Crippen LogP contribution in [0, 0.1) is 20.8 Å². The molecule has 0 amide bonds. The van der Waals surface area contributed by atoms with E-state index in [1.165, 1.54) is 18.2 Å². The van der Waals surface area contributed by atoms with Crippen molar-refractivity contribution in [3.63, 3.8) is 0 Å². The average molecular weight is 446 g/mol. The molecule has 0 aliphatic carbocycles. The van der Waals surface area contributed by atoms with E-state index >= 15 is 0 Å². The van der Waals surface area contributed by atoms with Crippen molar-refractivity contribution < 1.29 is 14.3 Å². The molecule has 2 aliphatic rings. The Bertz CT molecular complexity index is 1260. The molecule has 0 saturated carbocycles. The number of ether oxygens (including phenoxy) is 2. The number of aromatic nitrogens is 2. The van der Waals surface area contributed by atoms with Gasteiger partial charge < -0.3 is 14.8 Å². The van der Waals surface area contributed by atoms with Crippen LogP contribution in [0.2, 0.25) is 0 Å². The average Bonchev–Trinajstić information content (AvgIpc) is 3.44. The van der Waals surface area contributed by atoms with Crippen molar-refractivity contribution in [1.82, 2.24) is 9.78 Å². The molecule has 3 heterocycles. The first-order valence-electron chi connectivity index (χ1n) is 11.7. The number of hydrogen-bond donors (Lipinski definition) is 1. The largest absolute Gasteiger partial charge is 0.485 e. The maximum atomic E-state index is 11.6. The third-order valence-corrected chi connectivity index (χ3v) is 7.07. The monoisotopic (exact) mass is 445 g/mol. The van der Waals surface area contributed by atoms with Gasteiger partial charge in [-0.25, -0.2) is 0 Å². The molecule has 0 radical (unpaired) electrons. The Morgan fingerprint density at radius 1 is 1.18 bits per heavy atom. The van der Waals surface area contributed by atoms with Crippen molar-refractivity contribution >= 4 is 11.7 Å². The van der Waals surface area contributed by atoms with Crippen LogP contribution in [0.1, 0.15) is 48.1 Å². The normalized spacial score (nSPS) is 18.8. The molecule has 2 aliphatic heterocycles. The van der Waals surface area contributed by atoms with Gasteiger partial charge in [-0.1, -0.05) is 18.2 Å². The van der Waals surface area contributed by atoms with Crippen LogP contribution in [0.4, 0.5) is 5.69 Å². The SMILES string of the molecule is CC(=O)Oc1c(C)c(C)c2c(c1C)CC[C@](C)(Cn1ccc(-c3cccc4c3NCC4)n1)O2. The van der Waals surface area contributed by atoms with Crippen LogP contribution < -0.4 is 14.8 Å². The molecule has 5 rings (SSSR count). The van der Waals surface area contributed by atoms with E-state index in [-0.39, 0.29) is 11.6 Å². The molecular formula is C27H31N3O3. The molecule has 2 aromatic carbocycles. The van der Waals surface area contributed by atoms with Gasteiger partial charge in [-0.3, -0.25) is 9.48 Å². The fraction of sp³-hybridized carbons (Fsp3) is 0.407. The van der Waals surface area contributed by atoms with Gasteiger partial charge in [0.2, 0.25) is 0 Å². The van der Waals surface area contributed by atoms with Crippen molar-refractivity contribution in [1.29, 1.82) is 0 Å². The molecule has 0 saturated heterocycles. The van der Waals surface area contributed by atoms with Crippen LogP contribution in [0.3, 0.4) is 0 Å². The molecular weight excluding hydrogens is 414 g/mol. The number of fused-ring (bicyclic) bond motifs is 2. The quantitative estimate of drug-likeness (QED) is 0.444. The van der Waals surface area contributed by atoms with Crippen LogP contribution in [0.5, 0.6) is 11.5 Å². The fourth-order valence-corrected chi connectivity index (χ4v) is 5.18. The van der Waals surface area contributed by atoms with Crippen molar-refractivity contribution in [3.05, 3.63) is 58.3 Å². The van der Waals surface area contributed by atoms with Crippen molar-refractivity contribution in [2.45, 2.75) is 66.0 Å². The van der Waals surface area contributed by atoms with E-state index in [0.29, 0.717) is 12.3 Å². The predicted octanol–water partition coefficient (Wildman–Crippen LogP) is 5.15. The lowest BCUT2D eigenvalue weighted by Crippen LogP contribution is -2.41. The molecule has 6 heteroatoms. The number of rotatable bonds is 4. The molecule has 3 aromatic rings. The van der Waals surface area contributed by atoms with Crippen molar-refractivity contribution in [2.75, 3.05) is 11.9 Å². The molecule has 0 bridgehead atoms. The second-order valence-corrected chi connectivity index (χ2v) is 9.57. The Balaban J connectivity index is 1.41. The minimum Gasteiger partial charge on any atom is -0.485 e. The summed E-state index contributed by atoms with van der Waals surface area (Å²) in [6, 6.07) is 8.51. The summed E-state index contributed by atoms with van der Waals surface area (Å²) in [7, 11) is 0. The molecule has 0 unspecified atom stereocenters. The molecule has 6 nitrogen and oxygen atoms in total. The van der Waals surface area contributed by atoms with E-state index in [2.05, 4.69) is 36.5 Å². The first-order valence-corrected chi connectivity index (χ1v) is 11.7. The minimum atomic E-state index is -0.375. The first kappa shape index (κ1) is 21.6. The zero-order valence-corrected chi connectivity index (χ0v) is 20.0. The van der Waals surface area contributed by atoms with Gasteiger partial charge in [-0.05, 0) is 75.3 Å². The minimum absolute atomic E-state index is 0.295. The van der Waals surface area contributed by atoms with Gasteiger partial charge in [0.15, 0.2) is 0 Å². The van der Waals surface area contributed by atoms with Crippen LogP contribution >= 0.6 is 0 Å². The summed E-state index contributed by atoms with van der Waals surface area (Å²) in [5, 5.41) is 8.40. The lowest BCUT2D eigenvalue weighted by atomic mass is 9.87. The van der Waals surface area contributed by atoms with Crippen molar-refractivity contribution in [2.24, 2.45) is 0 Å². The van der Waals surface area contributed by atoms with E-state index in [9.17, 15) is 4.79 Å². The maximum absolute atomic E-state index is 11.6. The van der Waals surface area contributed by atoms with Crippen molar-refractivity contribution in [3.8, 4) is 22.8 Å². The summed E-state index contributed by atoms with van der Waals surface area (Å²) < 4.78 is 14.2. The number of para-hydroxylation sites is 1. The van der Waals surface area contributed by atoms with Gasteiger partial charge in [0, 0.05) is 36.5 Å². The second-order valence-electron chi connectivity index (χ2n) is 9.57. The van der Waals surface area contributed by atoms with Crippen LogP contribution in [-0.2, 0) is 24.2 Å². The Morgan fingerprint density at radius 3 is 2.79 bits per heavy atom. The fourth-order valence-electron chi connectivity index (χ4n) is 5.18. The van der Waals surface area contributed by atoms with E-state index < -0.39 is 0 Å². The topological polar surface area (TPSA) is 65.4 Å². The lowest BCUT2D eigenvalue weighted by Gasteiger charge is -2.38. The molecule has 1 N–H and O–H groups in total. The number of carbonyl (C=O) groups excluding carboxylic acids is 1. The van der Waals surface area contributed by atoms with Gasteiger partial charge in [0.1, 0.15) is 17.1 Å². The predicted molar refractivity (Wildman–Crippen MR) is 129 cm³/mol. The zero-order chi connectivity index (χ0) is 23.3. The maximum Gasteiger partial charge on any atom is 0.308 e. The van der Waals surface area contributed by atoms with E-state index in [1.807, 2.05) is 31.6 Å². The molecule has 1 atom stereocenters. The number of esters is 1.